The Labute approximate surface area is 132 Å². The van der Waals surface area contributed by atoms with Gasteiger partial charge in [-0.3, -0.25) is 0 Å². The third-order valence-corrected chi connectivity index (χ3v) is 4.95. The first-order chi connectivity index (χ1) is 9.63. The summed E-state index contributed by atoms with van der Waals surface area (Å²) in [5.74, 6) is 1.52. The summed E-state index contributed by atoms with van der Waals surface area (Å²) in [6.45, 7) is 2.95. The fraction of sp³-hybridized carbons (Fsp3) is 0.333. The summed E-state index contributed by atoms with van der Waals surface area (Å²) in [5.41, 5.74) is 1.17. The molecule has 0 amide bonds. The monoisotopic (exact) mass is 355 g/mol. The number of methoxy groups -OCH3 is 2. The van der Waals surface area contributed by atoms with Crippen LogP contribution in [0, 0.1) is 0 Å². The average molecular weight is 356 g/mol. The van der Waals surface area contributed by atoms with E-state index in [0.29, 0.717) is 6.04 Å². The van der Waals surface area contributed by atoms with E-state index in [1.54, 1.807) is 25.6 Å². The molecule has 1 unspecified atom stereocenters. The van der Waals surface area contributed by atoms with E-state index < -0.39 is 0 Å². The van der Waals surface area contributed by atoms with Crippen molar-refractivity contribution in [1.29, 1.82) is 0 Å². The SMILES string of the molecule is COc1ccc(CNC(C)c2cc(Br)cs2)cc1OC. The minimum Gasteiger partial charge on any atom is -0.493 e. The number of hydrogen-bond acceptors (Lipinski definition) is 4. The zero-order valence-corrected chi connectivity index (χ0v) is 14.2. The van der Waals surface area contributed by atoms with E-state index >= 15 is 0 Å². The van der Waals surface area contributed by atoms with Gasteiger partial charge in [-0.1, -0.05) is 6.07 Å². The topological polar surface area (TPSA) is 30.5 Å². The van der Waals surface area contributed by atoms with Gasteiger partial charge >= 0.3 is 0 Å². The zero-order valence-electron chi connectivity index (χ0n) is 11.8. The molecule has 1 aromatic heterocycles. The van der Waals surface area contributed by atoms with Gasteiger partial charge < -0.3 is 14.8 Å². The maximum absolute atomic E-state index is 5.31. The fourth-order valence-corrected chi connectivity index (χ4v) is 3.40. The third kappa shape index (κ3) is 3.75. The second-order valence-electron chi connectivity index (χ2n) is 4.46. The van der Waals surface area contributed by atoms with Crippen LogP contribution in [0.25, 0.3) is 0 Å². The summed E-state index contributed by atoms with van der Waals surface area (Å²) in [7, 11) is 3.30. The Morgan fingerprint density at radius 3 is 2.55 bits per heavy atom. The number of rotatable bonds is 6. The van der Waals surface area contributed by atoms with Crippen LogP contribution in [-0.2, 0) is 6.54 Å². The van der Waals surface area contributed by atoms with Crippen molar-refractivity contribution in [3.05, 3.63) is 44.6 Å². The van der Waals surface area contributed by atoms with Crippen LogP contribution in [0.5, 0.6) is 11.5 Å². The highest BCUT2D eigenvalue weighted by Gasteiger charge is 2.09. The van der Waals surface area contributed by atoms with Crippen LogP contribution in [0.3, 0.4) is 0 Å². The second-order valence-corrected chi connectivity index (χ2v) is 6.32. The van der Waals surface area contributed by atoms with Crippen molar-refractivity contribution in [1.82, 2.24) is 5.32 Å². The summed E-state index contributed by atoms with van der Waals surface area (Å²) in [6.07, 6.45) is 0. The molecule has 5 heteroatoms. The van der Waals surface area contributed by atoms with Crippen LogP contribution >= 0.6 is 27.3 Å². The van der Waals surface area contributed by atoms with Crippen molar-refractivity contribution in [2.45, 2.75) is 19.5 Å². The van der Waals surface area contributed by atoms with Crippen molar-refractivity contribution in [2.24, 2.45) is 0 Å². The molecular weight excluding hydrogens is 338 g/mol. The van der Waals surface area contributed by atoms with Gasteiger partial charge in [0.2, 0.25) is 0 Å². The molecule has 0 bridgehead atoms. The largest absolute Gasteiger partial charge is 0.493 e. The third-order valence-electron chi connectivity index (χ3n) is 3.07. The summed E-state index contributed by atoms with van der Waals surface area (Å²) in [5, 5.41) is 5.61. The summed E-state index contributed by atoms with van der Waals surface area (Å²) >= 11 is 5.24. The van der Waals surface area contributed by atoms with Crippen molar-refractivity contribution in [2.75, 3.05) is 14.2 Å². The first kappa shape index (κ1) is 15.4. The Morgan fingerprint density at radius 1 is 1.20 bits per heavy atom. The fourth-order valence-electron chi connectivity index (χ4n) is 1.92. The number of halogens is 1. The highest BCUT2D eigenvalue weighted by atomic mass is 79.9. The lowest BCUT2D eigenvalue weighted by atomic mass is 10.2. The summed E-state index contributed by atoms with van der Waals surface area (Å²) in [6, 6.07) is 8.45. The maximum atomic E-state index is 5.31. The molecule has 0 fully saturated rings. The number of hydrogen-bond donors (Lipinski definition) is 1. The molecule has 1 atom stereocenters. The second kappa shape index (κ2) is 7.11. The molecular formula is C15H18BrNO2S. The number of ether oxygens (including phenoxy) is 2. The smallest absolute Gasteiger partial charge is 0.161 e. The molecule has 0 spiro atoms. The predicted molar refractivity (Wildman–Crippen MR) is 86.8 cm³/mol. The van der Waals surface area contributed by atoms with E-state index in [1.807, 2.05) is 18.2 Å². The lowest BCUT2D eigenvalue weighted by Gasteiger charge is -2.14. The summed E-state index contributed by atoms with van der Waals surface area (Å²) in [4.78, 5) is 1.32. The molecule has 0 aliphatic heterocycles. The van der Waals surface area contributed by atoms with Gasteiger partial charge in [0.15, 0.2) is 11.5 Å². The Balaban J connectivity index is 2.00. The first-order valence-electron chi connectivity index (χ1n) is 6.32. The highest BCUT2D eigenvalue weighted by molar-refractivity contribution is 9.10. The molecule has 0 saturated carbocycles. The predicted octanol–water partition coefficient (Wildman–Crippen LogP) is 4.38. The number of nitrogens with one attached hydrogen (secondary N) is 1. The molecule has 1 N–H and O–H groups in total. The van der Waals surface area contributed by atoms with Crippen LogP contribution in [0.15, 0.2) is 34.1 Å². The van der Waals surface area contributed by atoms with E-state index in [1.165, 1.54) is 10.4 Å². The molecule has 1 heterocycles. The van der Waals surface area contributed by atoms with Gasteiger partial charge in [-0.2, -0.15) is 0 Å². The van der Waals surface area contributed by atoms with Gasteiger partial charge in [0.05, 0.1) is 14.2 Å². The lowest BCUT2D eigenvalue weighted by molar-refractivity contribution is 0.354. The maximum Gasteiger partial charge on any atom is 0.161 e. The standard InChI is InChI=1S/C15H18BrNO2S/c1-10(15-7-12(16)9-20-15)17-8-11-4-5-13(18-2)14(6-11)19-3/h4-7,9-10,17H,8H2,1-3H3. The number of thiophene rings is 1. The van der Waals surface area contributed by atoms with Gasteiger partial charge in [-0.15, -0.1) is 11.3 Å². The molecule has 2 rings (SSSR count). The zero-order chi connectivity index (χ0) is 14.5. The normalized spacial score (nSPS) is 12.2. The van der Waals surface area contributed by atoms with Crippen LogP contribution < -0.4 is 14.8 Å². The summed E-state index contributed by atoms with van der Waals surface area (Å²) < 4.78 is 11.7. The molecule has 3 nitrogen and oxygen atoms in total. The number of benzene rings is 1. The molecule has 0 aliphatic carbocycles. The van der Waals surface area contributed by atoms with Crippen LogP contribution in [0.2, 0.25) is 0 Å². The minimum atomic E-state index is 0.319. The molecule has 20 heavy (non-hydrogen) atoms. The van der Waals surface area contributed by atoms with Gasteiger partial charge in [0.25, 0.3) is 0 Å². The lowest BCUT2D eigenvalue weighted by Crippen LogP contribution is -2.17. The average Bonchev–Trinajstić information content (AvgIpc) is 2.91. The van der Waals surface area contributed by atoms with Gasteiger partial charge in [0.1, 0.15) is 0 Å². The van der Waals surface area contributed by atoms with Crippen LogP contribution in [0.4, 0.5) is 0 Å². The van der Waals surface area contributed by atoms with Crippen molar-refractivity contribution >= 4 is 27.3 Å². The molecule has 1 aromatic carbocycles. The van der Waals surface area contributed by atoms with E-state index in [4.69, 9.17) is 9.47 Å². The Kier molecular flexibility index (Phi) is 5.46. The quantitative estimate of drug-likeness (QED) is 0.833. The van der Waals surface area contributed by atoms with Crippen LogP contribution in [-0.4, -0.2) is 14.2 Å². The first-order valence-corrected chi connectivity index (χ1v) is 7.99. The molecule has 0 saturated heterocycles. The van der Waals surface area contributed by atoms with Gasteiger partial charge in [-0.05, 0) is 46.6 Å². The van der Waals surface area contributed by atoms with Crippen molar-refractivity contribution < 1.29 is 9.47 Å². The highest BCUT2D eigenvalue weighted by Crippen LogP contribution is 2.28. The molecule has 108 valence electrons. The Morgan fingerprint density at radius 2 is 1.95 bits per heavy atom. The molecule has 0 radical (unpaired) electrons. The van der Waals surface area contributed by atoms with Crippen molar-refractivity contribution in [3.63, 3.8) is 0 Å². The Bertz CT molecular complexity index is 571. The molecule has 2 aromatic rings. The van der Waals surface area contributed by atoms with E-state index in [2.05, 4.69) is 39.6 Å². The minimum absolute atomic E-state index is 0.319. The van der Waals surface area contributed by atoms with Gasteiger partial charge in [-0.25, -0.2) is 0 Å². The van der Waals surface area contributed by atoms with E-state index in [-0.39, 0.29) is 0 Å². The van der Waals surface area contributed by atoms with E-state index in [0.717, 1.165) is 22.5 Å². The van der Waals surface area contributed by atoms with E-state index in [9.17, 15) is 0 Å². The molecule has 0 aliphatic rings. The van der Waals surface area contributed by atoms with Crippen molar-refractivity contribution in [3.8, 4) is 11.5 Å². The Hall–Kier alpha value is -1.04. The van der Waals surface area contributed by atoms with Gasteiger partial charge in [0, 0.05) is 27.3 Å². The van der Waals surface area contributed by atoms with Crippen LogP contribution in [0.1, 0.15) is 23.4 Å².